The van der Waals surface area contributed by atoms with Crippen LogP contribution in [0.3, 0.4) is 0 Å². The van der Waals surface area contributed by atoms with Gasteiger partial charge in [-0.3, -0.25) is 19.3 Å². The van der Waals surface area contributed by atoms with E-state index in [1.807, 2.05) is 13.8 Å². The fourth-order valence-electron chi connectivity index (χ4n) is 3.01. The van der Waals surface area contributed by atoms with E-state index < -0.39 is 11.6 Å². The van der Waals surface area contributed by atoms with Crippen LogP contribution in [0.5, 0.6) is 11.5 Å². The summed E-state index contributed by atoms with van der Waals surface area (Å²) in [6.45, 7) is 4.68. The Morgan fingerprint density at radius 3 is 2.73 bits per heavy atom. The molecule has 0 fully saturated rings. The van der Waals surface area contributed by atoms with Crippen molar-refractivity contribution >= 4 is 23.3 Å². The molecule has 1 aliphatic heterocycles. The molecule has 1 aliphatic rings. The lowest BCUT2D eigenvalue weighted by Gasteiger charge is -2.29. The number of anilines is 1. The van der Waals surface area contributed by atoms with Crippen molar-refractivity contribution in [3.63, 3.8) is 0 Å². The van der Waals surface area contributed by atoms with E-state index >= 15 is 0 Å². The summed E-state index contributed by atoms with van der Waals surface area (Å²) in [4.78, 5) is 38.3. The minimum atomic E-state index is -0.555. The first-order valence-corrected chi connectivity index (χ1v) is 9.53. The van der Waals surface area contributed by atoms with Gasteiger partial charge in [0.05, 0.1) is 5.69 Å². The Hall–Kier alpha value is -3.42. The smallest absolute Gasteiger partial charge is 0.265 e. The molecule has 8 heteroatoms. The van der Waals surface area contributed by atoms with Gasteiger partial charge in [0.2, 0.25) is 5.91 Å². The number of Topliss-reactive ketones (excluding diaryl/α,β-unsaturated/α-hetero) is 1. The topological polar surface area (TPSA) is 84.9 Å². The second-order valence-electron chi connectivity index (χ2n) is 7.32. The highest BCUT2D eigenvalue weighted by atomic mass is 19.1. The van der Waals surface area contributed by atoms with Crippen LogP contribution in [0.25, 0.3) is 0 Å². The highest BCUT2D eigenvalue weighted by Crippen LogP contribution is 2.33. The fraction of sp³-hybridized carbons (Fsp3) is 0.318. The largest absolute Gasteiger partial charge is 0.482 e. The lowest BCUT2D eigenvalue weighted by Crippen LogP contribution is -2.46. The predicted octanol–water partition coefficient (Wildman–Crippen LogP) is 2.65. The summed E-state index contributed by atoms with van der Waals surface area (Å²) in [6, 6.07) is 8.91. The van der Waals surface area contributed by atoms with Crippen molar-refractivity contribution in [3.8, 4) is 11.5 Å². The van der Waals surface area contributed by atoms with Gasteiger partial charge in [0.15, 0.2) is 30.6 Å². The van der Waals surface area contributed by atoms with Gasteiger partial charge in [-0.15, -0.1) is 0 Å². The van der Waals surface area contributed by atoms with Gasteiger partial charge in [0.1, 0.15) is 12.3 Å². The zero-order valence-electron chi connectivity index (χ0n) is 17.0. The van der Waals surface area contributed by atoms with Crippen LogP contribution in [0.15, 0.2) is 36.4 Å². The van der Waals surface area contributed by atoms with E-state index in [2.05, 4.69) is 5.32 Å². The number of halogens is 1. The normalized spacial score (nSPS) is 13.0. The Bertz CT molecular complexity index is 989. The van der Waals surface area contributed by atoms with E-state index in [-0.39, 0.29) is 48.9 Å². The lowest BCUT2D eigenvalue weighted by molar-refractivity contribution is -0.125. The quantitative estimate of drug-likeness (QED) is 0.704. The number of rotatable bonds is 7. The van der Waals surface area contributed by atoms with E-state index in [0.717, 1.165) is 5.56 Å². The summed E-state index contributed by atoms with van der Waals surface area (Å²) in [6.07, 6.45) is 0. The van der Waals surface area contributed by atoms with E-state index in [0.29, 0.717) is 11.4 Å². The van der Waals surface area contributed by atoms with Crippen molar-refractivity contribution in [2.45, 2.75) is 26.8 Å². The number of fused-ring (bicyclic) bond motifs is 1. The van der Waals surface area contributed by atoms with Crippen LogP contribution in [0.2, 0.25) is 0 Å². The van der Waals surface area contributed by atoms with Crippen LogP contribution >= 0.6 is 0 Å². The van der Waals surface area contributed by atoms with Gasteiger partial charge in [-0.25, -0.2) is 4.39 Å². The number of amides is 2. The zero-order valence-corrected chi connectivity index (χ0v) is 17.0. The fourth-order valence-corrected chi connectivity index (χ4v) is 3.01. The molecule has 158 valence electrons. The van der Waals surface area contributed by atoms with Crippen LogP contribution in [0, 0.1) is 12.7 Å². The molecular weight excluding hydrogens is 391 g/mol. The average Bonchev–Trinajstić information content (AvgIpc) is 2.69. The van der Waals surface area contributed by atoms with Crippen LogP contribution < -0.4 is 19.7 Å². The van der Waals surface area contributed by atoms with Gasteiger partial charge in [-0.05, 0) is 56.7 Å². The van der Waals surface area contributed by atoms with Crippen molar-refractivity contribution in [3.05, 3.63) is 53.3 Å². The third-order valence-electron chi connectivity index (χ3n) is 4.42. The van der Waals surface area contributed by atoms with Crippen molar-refractivity contribution in [1.82, 2.24) is 5.32 Å². The lowest BCUT2D eigenvalue weighted by atomic mass is 10.1. The highest BCUT2D eigenvalue weighted by molar-refractivity contribution is 6.04. The Labute approximate surface area is 173 Å². The van der Waals surface area contributed by atoms with Gasteiger partial charge in [-0.1, -0.05) is 6.07 Å². The molecule has 2 aromatic rings. The second kappa shape index (κ2) is 8.94. The first-order valence-electron chi connectivity index (χ1n) is 9.53. The van der Waals surface area contributed by atoms with E-state index in [4.69, 9.17) is 9.47 Å². The highest BCUT2D eigenvalue weighted by Gasteiger charge is 2.28. The SMILES string of the molecule is Cc1ccc(F)c(OCC(=O)c2ccc3c(c2)N(CC(=O)NC(C)C)C(=O)CO3)c1. The molecule has 0 radical (unpaired) electrons. The monoisotopic (exact) mass is 414 g/mol. The number of nitrogens with zero attached hydrogens (tertiary/aromatic N) is 1. The molecule has 3 rings (SSSR count). The number of carbonyl (C=O) groups excluding carboxylic acids is 3. The van der Waals surface area contributed by atoms with Gasteiger partial charge < -0.3 is 14.8 Å². The second-order valence-corrected chi connectivity index (χ2v) is 7.32. The molecule has 2 amide bonds. The Kier molecular flexibility index (Phi) is 6.34. The molecule has 0 bridgehead atoms. The Balaban J connectivity index is 1.77. The molecule has 2 aromatic carbocycles. The Morgan fingerprint density at radius 1 is 1.23 bits per heavy atom. The van der Waals surface area contributed by atoms with Crippen LogP contribution in [0.4, 0.5) is 10.1 Å². The average molecular weight is 414 g/mol. The van der Waals surface area contributed by atoms with Crippen LogP contribution in [-0.4, -0.2) is 43.4 Å². The minimum absolute atomic E-state index is 0.00759. The molecule has 0 spiro atoms. The van der Waals surface area contributed by atoms with Gasteiger partial charge in [-0.2, -0.15) is 0 Å². The van der Waals surface area contributed by atoms with E-state index in [9.17, 15) is 18.8 Å². The maximum atomic E-state index is 13.8. The third-order valence-corrected chi connectivity index (χ3v) is 4.42. The first-order chi connectivity index (χ1) is 14.2. The minimum Gasteiger partial charge on any atom is -0.482 e. The summed E-state index contributed by atoms with van der Waals surface area (Å²) in [5, 5.41) is 2.73. The van der Waals surface area contributed by atoms with Crippen molar-refractivity contribution < 1.29 is 28.2 Å². The molecule has 0 aromatic heterocycles. The molecule has 0 saturated heterocycles. The molecule has 7 nitrogen and oxygen atoms in total. The molecule has 0 unspecified atom stereocenters. The number of benzene rings is 2. The van der Waals surface area contributed by atoms with Crippen molar-refractivity contribution in [2.24, 2.45) is 0 Å². The molecule has 1 N–H and O–H groups in total. The van der Waals surface area contributed by atoms with Crippen molar-refractivity contribution in [1.29, 1.82) is 0 Å². The van der Waals surface area contributed by atoms with Gasteiger partial charge in [0, 0.05) is 11.6 Å². The molecular formula is C22H23FN2O5. The summed E-state index contributed by atoms with van der Waals surface area (Å²) in [7, 11) is 0. The van der Waals surface area contributed by atoms with Gasteiger partial charge >= 0.3 is 0 Å². The number of aryl methyl sites for hydroxylation is 1. The summed E-state index contributed by atoms with van der Waals surface area (Å²) >= 11 is 0. The molecule has 0 saturated carbocycles. The molecule has 0 atom stereocenters. The zero-order chi connectivity index (χ0) is 21.8. The maximum Gasteiger partial charge on any atom is 0.265 e. The Morgan fingerprint density at radius 2 is 2.00 bits per heavy atom. The summed E-state index contributed by atoms with van der Waals surface area (Å²) in [5.41, 5.74) is 1.39. The third kappa shape index (κ3) is 4.94. The number of hydrogen-bond donors (Lipinski definition) is 1. The number of carbonyl (C=O) groups is 3. The predicted molar refractivity (Wildman–Crippen MR) is 109 cm³/mol. The van der Waals surface area contributed by atoms with E-state index in [1.54, 1.807) is 25.1 Å². The molecule has 1 heterocycles. The standard InChI is InChI=1S/C22H23FN2O5/c1-13(2)24-21(27)10-25-17-9-15(5-7-19(17)30-12-22(25)28)18(26)11-29-20-8-14(3)4-6-16(20)23/h4-9,13H,10-12H2,1-3H3,(H,24,27). The van der Waals surface area contributed by atoms with Crippen molar-refractivity contribution in [2.75, 3.05) is 24.7 Å². The number of nitrogens with one attached hydrogen (secondary N) is 1. The molecule has 30 heavy (non-hydrogen) atoms. The van der Waals surface area contributed by atoms with Crippen LogP contribution in [0.1, 0.15) is 29.8 Å². The van der Waals surface area contributed by atoms with E-state index in [1.165, 1.54) is 23.1 Å². The maximum absolute atomic E-state index is 13.8. The first kappa shape index (κ1) is 21.3. The summed E-state index contributed by atoms with van der Waals surface area (Å²) < 4.78 is 24.6. The summed E-state index contributed by atoms with van der Waals surface area (Å²) in [5.74, 6) is -1.27. The van der Waals surface area contributed by atoms with Gasteiger partial charge in [0.25, 0.3) is 5.91 Å². The number of ether oxygens (including phenoxy) is 2. The number of ketones is 1. The van der Waals surface area contributed by atoms with Crippen LogP contribution in [-0.2, 0) is 9.59 Å². The molecule has 0 aliphatic carbocycles. The number of hydrogen-bond acceptors (Lipinski definition) is 5.